The molecule has 0 bridgehead atoms. The highest BCUT2D eigenvalue weighted by Gasteiger charge is 2.39. The summed E-state index contributed by atoms with van der Waals surface area (Å²) in [4.78, 5) is 48.4. The molecule has 9 heteroatoms. The van der Waals surface area contributed by atoms with Gasteiger partial charge in [-0.05, 0) is 31.6 Å². The number of carbonyl (C=O) groups is 3. The zero-order chi connectivity index (χ0) is 22.0. The Morgan fingerprint density at radius 3 is 2.90 bits per heavy atom. The number of aromatic amines is 1. The maximum Gasteiger partial charge on any atom is 0.347 e. The third-order valence-corrected chi connectivity index (χ3v) is 5.35. The minimum atomic E-state index is -0.709. The van der Waals surface area contributed by atoms with Crippen molar-refractivity contribution in [2.24, 2.45) is 0 Å². The molecule has 1 fully saturated rings. The lowest BCUT2D eigenvalue weighted by Gasteiger charge is -2.23. The maximum absolute atomic E-state index is 13.1. The Morgan fingerprint density at radius 1 is 1.29 bits per heavy atom. The van der Waals surface area contributed by atoms with Gasteiger partial charge in [0.15, 0.2) is 11.3 Å². The first-order valence-corrected chi connectivity index (χ1v) is 10.3. The van der Waals surface area contributed by atoms with Crippen LogP contribution in [0.3, 0.4) is 0 Å². The van der Waals surface area contributed by atoms with E-state index in [0.717, 1.165) is 10.9 Å². The number of rotatable bonds is 4. The van der Waals surface area contributed by atoms with Crippen LogP contribution in [-0.2, 0) is 23.9 Å². The molecule has 0 saturated carbocycles. The van der Waals surface area contributed by atoms with Gasteiger partial charge < -0.3 is 24.3 Å². The molecule has 0 radical (unpaired) electrons. The highest BCUT2D eigenvalue weighted by molar-refractivity contribution is 6.26. The molecule has 162 valence electrons. The van der Waals surface area contributed by atoms with Gasteiger partial charge in [0.05, 0.1) is 6.61 Å². The van der Waals surface area contributed by atoms with Crippen LogP contribution in [0.15, 0.2) is 41.7 Å². The predicted molar refractivity (Wildman–Crippen MR) is 112 cm³/mol. The minimum Gasteiger partial charge on any atom is -0.462 e. The molecular formula is C22H24N4O5. The van der Waals surface area contributed by atoms with Gasteiger partial charge in [-0.25, -0.2) is 9.78 Å². The zero-order valence-corrected chi connectivity index (χ0v) is 17.5. The monoisotopic (exact) mass is 424 g/mol. The number of aromatic nitrogens is 2. The van der Waals surface area contributed by atoms with Crippen LogP contribution in [0.1, 0.15) is 25.8 Å². The summed E-state index contributed by atoms with van der Waals surface area (Å²) in [5.74, 6) is -0.981. The van der Waals surface area contributed by atoms with Crippen LogP contribution in [0.25, 0.3) is 17.1 Å². The third-order valence-electron chi connectivity index (χ3n) is 5.35. The van der Waals surface area contributed by atoms with Gasteiger partial charge in [-0.3, -0.25) is 9.59 Å². The third kappa shape index (κ3) is 4.03. The van der Waals surface area contributed by atoms with Crippen molar-refractivity contribution in [2.75, 3.05) is 32.8 Å². The number of esters is 1. The van der Waals surface area contributed by atoms with Gasteiger partial charge in [-0.15, -0.1) is 0 Å². The van der Waals surface area contributed by atoms with Crippen LogP contribution in [0.5, 0.6) is 0 Å². The van der Waals surface area contributed by atoms with Gasteiger partial charge in [0.25, 0.3) is 0 Å². The van der Waals surface area contributed by atoms with Crippen molar-refractivity contribution in [2.45, 2.75) is 20.3 Å². The van der Waals surface area contributed by atoms with Crippen LogP contribution >= 0.6 is 0 Å². The molecule has 4 rings (SSSR count). The van der Waals surface area contributed by atoms with Crippen LogP contribution in [0.4, 0.5) is 0 Å². The first-order valence-electron chi connectivity index (χ1n) is 10.3. The minimum absolute atomic E-state index is 0.00149. The smallest absolute Gasteiger partial charge is 0.347 e. The molecule has 1 saturated heterocycles. The van der Waals surface area contributed by atoms with E-state index in [4.69, 9.17) is 9.47 Å². The molecule has 1 N–H and O–H groups in total. The lowest BCUT2D eigenvalue weighted by molar-refractivity contribution is -0.139. The van der Waals surface area contributed by atoms with E-state index in [9.17, 15) is 14.4 Å². The average Bonchev–Trinajstić information content (AvgIpc) is 3.19. The number of fused-ring (bicyclic) bond motifs is 1. The van der Waals surface area contributed by atoms with Gasteiger partial charge in [0.2, 0.25) is 17.6 Å². The van der Waals surface area contributed by atoms with Crippen molar-refractivity contribution in [1.29, 1.82) is 0 Å². The van der Waals surface area contributed by atoms with Gasteiger partial charge in [-0.1, -0.05) is 0 Å². The number of amides is 1. The molecule has 9 nitrogen and oxygen atoms in total. The summed E-state index contributed by atoms with van der Waals surface area (Å²) in [7, 11) is 0. The summed E-state index contributed by atoms with van der Waals surface area (Å²) < 4.78 is 11.1. The number of nitrogens with zero attached hydrogens (tertiary/aromatic N) is 3. The molecule has 2 aliphatic rings. The van der Waals surface area contributed by atoms with Gasteiger partial charge in [0.1, 0.15) is 5.65 Å². The Morgan fingerprint density at radius 2 is 2.13 bits per heavy atom. The largest absolute Gasteiger partial charge is 0.462 e. The molecular weight excluding hydrogens is 400 g/mol. The number of nitrogens with one attached hydrogen (secondary N) is 1. The second kappa shape index (κ2) is 8.63. The fourth-order valence-corrected chi connectivity index (χ4v) is 3.80. The SMILES string of the molecule is CCOC(=O)C1=C(N2CCCN(C(C)=O)CC2)OC(=Cc2c[nH]c3ncccc23)C1=O. The lowest BCUT2D eigenvalue weighted by Crippen LogP contribution is -2.34. The number of hydrogen-bond donors (Lipinski definition) is 1. The number of allylic oxidation sites excluding steroid dienone is 1. The van der Waals surface area contributed by atoms with Gasteiger partial charge in [-0.2, -0.15) is 0 Å². The topological polar surface area (TPSA) is 105 Å². The molecule has 4 heterocycles. The molecule has 2 aliphatic heterocycles. The molecule has 0 aromatic carbocycles. The van der Waals surface area contributed by atoms with Gasteiger partial charge in [0, 0.05) is 56.4 Å². The standard InChI is InChI=1S/C22H24N4O5/c1-3-30-22(29)18-19(28)17(12-15-13-24-20-16(15)6-4-7-23-20)31-21(18)26-9-5-8-25(10-11-26)14(2)27/h4,6-7,12-13H,3,5,8-11H2,1-2H3,(H,23,24). The number of carbonyl (C=O) groups excluding carboxylic acids is 3. The first-order chi connectivity index (χ1) is 15.0. The summed E-state index contributed by atoms with van der Waals surface area (Å²) in [6.45, 7) is 5.48. The summed E-state index contributed by atoms with van der Waals surface area (Å²) in [6, 6.07) is 3.69. The van der Waals surface area contributed by atoms with Crippen molar-refractivity contribution >= 4 is 34.8 Å². The molecule has 0 atom stereocenters. The Balaban J connectivity index is 1.67. The van der Waals surface area contributed by atoms with E-state index in [2.05, 4.69) is 9.97 Å². The summed E-state index contributed by atoms with van der Waals surface area (Å²) >= 11 is 0. The second-order valence-corrected chi connectivity index (χ2v) is 7.33. The number of hydrogen-bond acceptors (Lipinski definition) is 7. The molecule has 2 aromatic heterocycles. The van der Waals surface area contributed by atoms with E-state index >= 15 is 0 Å². The molecule has 2 aromatic rings. The number of ether oxygens (including phenoxy) is 2. The van der Waals surface area contributed by atoms with E-state index in [0.29, 0.717) is 38.2 Å². The van der Waals surface area contributed by atoms with E-state index in [1.807, 2.05) is 11.0 Å². The van der Waals surface area contributed by atoms with E-state index in [1.165, 1.54) is 6.92 Å². The van der Waals surface area contributed by atoms with Gasteiger partial charge >= 0.3 is 5.97 Å². The quantitative estimate of drug-likeness (QED) is 0.454. The van der Waals surface area contributed by atoms with E-state index in [1.54, 1.807) is 36.4 Å². The predicted octanol–water partition coefficient (Wildman–Crippen LogP) is 1.83. The summed E-state index contributed by atoms with van der Waals surface area (Å²) in [6.07, 6.45) is 5.72. The van der Waals surface area contributed by atoms with Crippen LogP contribution in [0.2, 0.25) is 0 Å². The number of ketones is 1. The Kier molecular flexibility index (Phi) is 5.75. The number of pyridine rings is 1. The summed E-state index contributed by atoms with van der Waals surface area (Å²) in [5, 5.41) is 0.837. The van der Waals surface area contributed by atoms with Crippen LogP contribution < -0.4 is 0 Å². The number of Topliss-reactive ketones (excluding diaryl/α,β-unsaturated/α-hetero) is 1. The fraction of sp³-hybridized carbons (Fsp3) is 0.364. The van der Waals surface area contributed by atoms with Crippen LogP contribution in [0, 0.1) is 0 Å². The van der Waals surface area contributed by atoms with Crippen molar-refractivity contribution in [3.63, 3.8) is 0 Å². The van der Waals surface area contributed by atoms with E-state index < -0.39 is 11.8 Å². The Bertz CT molecular complexity index is 1100. The highest BCUT2D eigenvalue weighted by atomic mass is 16.5. The van der Waals surface area contributed by atoms with Crippen molar-refractivity contribution in [1.82, 2.24) is 19.8 Å². The Hall–Kier alpha value is -3.62. The highest BCUT2D eigenvalue weighted by Crippen LogP contribution is 2.31. The molecule has 0 unspecified atom stereocenters. The first kappa shape index (κ1) is 20.6. The molecule has 0 spiro atoms. The van der Waals surface area contributed by atoms with Crippen molar-refractivity contribution in [3.8, 4) is 0 Å². The second-order valence-electron chi connectivity index (χ2n) is 7.33. The lowest BCUT2D eigenvalue weighted by atomic mass is 10.1. The fourth-order valence-electron chi connectivity index (χ4n) is 3.80. The Labute approximate surface area is 179 Å². The molecule has 31 heavy (non-hydrogen) atoms. The molecule has 0 aliphatic carbocycles. The van der Waals surface area contributed by atoms with Crippen molar-refractivity contribution < 1.29 is 23.9 Å². The molecule has 1 amide bonds. The van der Waals surface area contributed by atoms with E-state index in [-0.39, 0.29) is 29.7 Å². The number of H-pyrrole nitrogens is 1. The average molecular weight is 424 g/mol. The maximum atomic E-state index is 13.1. The van der Waals surface area contributed by atoms with Crippen molar-refractivity contribution in [3.05, 3.63) is 47.3 Å². The zero-order valence-electron chi connectivity index (χ0n) is 17.5. The van der Waals surface area contributed by atoms with Crippen LogP contribution in [-0.4, -0.2) is 70.2 Å². The normalized spacial score (nSPS) is 18.5. The summed E-state index contributed by atoms with van der Waals surface area (Å²) in [5.41, 5.74) is 1.31.